The molecule has 0 aliphatic carbocycles. The minimum absolute atomic E-state index is 0.226. The van der Waals surface area contributed by atoms with Gasteiger partial charge in [0.25, 0.3) is 5.91 Å². The highest BCUT2D eigenvalue weighted by Gasteiger charge is 2.12. The molecule has 3 N–H and O–H groups in total. The van der Waals surface area contributed by atoms with Gasteiger partial charge in [-0.25, -0.2) is 8.42 Å². The van der Waals surface area contributed by atoms with E-state index >= 15 is 0 Å². The fraction of sp³-hybridized carbons (Fsp3) is 0.222. The van der Waals surface area contributed by atoms with Gasteiger partial charge in [-0.2, -0.15) is 0 Å². The average Bonchev–Trinajstić information content (AvgIpc) is 2.58. The van der Waals surface area contributed by atoms with Crippen LogP contribution in [0.3, 0.4) is 0 Å². The largest absolute Gasteiger partial charge is 0.495 e. The van der Waals surface area contributed by atoms with E-state index in [9.17, 15) is 18.0 Å². The summed E-state index contributed by atoms with van der Waals surface area (Å²) in [6.07, 6.45) is 1.02. The molecule has 0 saturated carbocycles. The predicted octanol–water partition coefficient (Wildman–Crippen LogP) is 1.74. The summed E-state index contributed by atoms with van der Waals surface area (Å²) >= 11 is 0. The summed E-state index contributed by atoms with van der Waals surface area (Å²) in [6.45, 7) is 1.63. The molecule has 2 aromatic carbocycles. The molecule has 0 saturated heterocycles. The van der Waals surface area contributed by atoms with Crippen molar-refractivity contribution in [1.29, 1.82) is 0 Å². The first-order valence-corrected chi connectivity index (χ1v) is 9.87. The molecule has 0 heterocycles. The summed E-state index contributed by atoms with van der Waals surface area (Å²) in [5.74, 6) is -0.406. The summed E-state index contributed by atoms with van der Waals surface area (Å²) in [4.78, 5) is 24.3. The van der Waals surface area contributed by atoms with Gasteiger partial charge in [0.15, 0.2) is 0 Å². The summed E-state index contributed by atoms with van der Waals surface area (Å²) in [7, 11) is -1.95. The molecule has 0 aliphatic rings. The van der Waals surface area contributed by atoms with E-state index < -0.39 is 21.8 Å². The number of nitrogens with one attached hydrogen (secondary N) is 3. The minimum atomic E-state index is -3.45. The van der Waals surface area contributed by atoms with Crippen molar-refractivity contribution in [2.24, 2.45) is 0 Å². The van der Waals surface area contributed by atoms with E-state index in [0.717, 1.165) is 11.8 Å². The molecule has 8 nitrogen and oxygen atoms in total. The average molecular weight is 391 g/mol. The number of sulfonamides is 1. The summed E-state index contributed by atoms with van der Waals surface area (Å²) in [5.41, 5.74) is 1.95. The fourth-order valence-corrected chi connectivity index (χ4v) is 2.87. The van der Waals surface area contributed by atoms with Gasteiger partial charge in [0.2, 0.25) is 15.9 Å². The van der Waals surface area contributed by atoms with Crippen molar-refractivity contribution in [3.05, 3.63) is 53.6 Å². The Morgan fingerprint density at radius 2 is 1.85 bits per heavy atom. The fourth-order valence-electron chi connectivity index (χ4n) is 2.31. The number of carbonyl (C=O) groups excluding carboxylic acids is 2. The van der Waals surface area contributed by atoms with Crippen LogP contribution in [0, 0.1) is 6.92 Å². The second-order valence-corrected chi connectivity index (χ2v) is 7.64. The maximum atomic E-state index is 12.2. The number of benzene rings is 2. The first-order valence-electron chi connectivity index (χ1n) is 7.98. The van der Waals surface area contributed by atoms with Crippen LogP contribution in [0.2, 0.25) is 0 Å². The monoisotopic (exact) mass is 391 g/mol. The molecule has 0 fully saturated rings. The van der Waals surface area contributed by atoms with E-state index in [2.05, 4.69) is 15.4 Å². The smallest absolute Gasteiger partial charge is 0.251 e. The highest BCUT2D eigenvalue weighted by atomic mass is 32.2. The minimum Gasteiger partial charge on any atom is -0.495 e. The number of rotatable bonds is 7. The number of hydrogen-bond donors (Lipinski definition) is 3. The van der Waals surface area contributed by atoms with Crippen LogP contribution in [0.4, 0.5) is 11.4 Å². The van der Waals surface area contributed by atoms with E-state index in [0.29, 0.717) is 11.4 Å². The van der Waals surface area contributed by atoms with Crippen LogP contribution in [-0.2, 0) is 14.8 Å². The van der Waals surface area contributed by atoms with E-state index in [1.165, 1.54) is 25.3 Å². The van der Waals surface area contributed by atoms with Crippen LogP contribution >= 0.6 is 0 Å². The molecular formula is C18H21N3O5S. The quantitative estimate of drug-likeness (QED) is 0.665. The van der Waals surface area contributed by atoms with Gasteiger partial charge in [0.05, 0.1) is 25.6 Å². The lowest BCUT2D eigenvalue weighted by atomic mass is 10.2. The van der Waals surface area contributed by atoms with E-state index in [1.807, 2.05) is 13.0 Å². The molecule has 0 aliphatic heterocycles. The number of methoxy groups -OCH3 is 1. The number of ether oxygens (including phenoxy) is 1. The molecule has 9 heteroatoms. The molecular weight excluding hydrogens is 370 g/mol. The van der Waals surface area contributed by atoms with Crippen LogP contribution in [0.1, 0.15) is 15.9 Å². The first-order chi connectivity index (χ1) is 12.7. The van der Waals surface area contributed by atoms with Gasteiger partial charge >= 0.3 is 0 Å². The maximum Gasteiger partial charge on any atom is 0.251 e. The Morgan fingerprint density at radius 3 is 2.52 bits per heavy atom. The normalized spacial score (nSPS) is 10.8. The summed E-state index contributed by atoms with van der Waals surface area (Å²) in [6, 6.07) is 11.3. The van der Waals surface area contributed by atoms with Gasteiger partial charge in [-0.1, -0.05) is 12.1 Å². The van der Waals surface area contributed by atoms with Crippen molar-refractivity contribution in [1.82, 2.24) is 5.32 Å². The zero-order chi connectivity index (χ0) is 20.0. The third-order valence-electron chi connectivity index (χ3n) is 3.47. The van der Waals surface area contributed by atoms with E-state index in [4.69, 9.17) is 4.74 Å². The van der Waals surface area contributed by atoms with Crippen LogP contribution in [-0.4, -0.2) is 40.1 Å². The third-order valence-corrected chi connectivity index (χ3v) is 4.07. The van der Waals surface area contributed by atoms with Crippen molar-refractivity contribution in [2.75, 3.05) is 29.9 Å². The lowest BCUT2D eigenvalue weighted by molar-refractivity contribution is -0.115. The first kappa shape index (κ1) is 20.2. The third kappa shape index (κ3) is 6.30. The molecule has 144 valence electrons. The lowest BCUT2D eigenvalue weighted by Gasteiger charge is -2.12. The summed E-state index contributed by atoms with van der Waals surface area (Å²) in [5, 5.41) is 5.17. The van der Waals surface area contributed by atoms with Gasteiger partial charge in [0.1, 0.15) is 5.75 Å². The Hall–Kier alpha value is -3.07. The molecule has 2 amide bonds. The number of hydrogen-bond acceptors (Lipinski definition) is 5. The van der Waals surface area contributed by atoms with E-state index in [1.54, 1.807) is 18.2 Å². The molecule has 0 bridgehead atoms. The van der Waals surface area contributed by atoms with Crippen molar-refractivity contribution < 1.29 is 22.7 Å². The second kappa shape index (κ2) is 8.54. The molecule has 0 spiro atoms. The number of carbonyl (C=O) groups is 2. The van der Waals surface area contributed by atoms with Crippen molar-refractivity contribution in [2.45, 2.75) is 6.92 Å². The Morgan fingerprint density at radius 1 is 1.11 bits per heavy atom. The standard InChI is InChI=1S/C18H21N3O5S/c1-12-7-8-16(26-2)15(9-12)20-17(22)11-19-18(23)13-5-4-6-14(10-13)21-27(3,24)25/h4-10,21H,11H2,1-3H3,(H,19,23)(H,20,22). The molecule has 0 atom stereocenters. The molecule has 0 unspecified atom stereocenters. The van der Waals surface area contributed by atoms with Gasteiger partial charge in [0, 0.05) is 11.3 Å². The lowest BCUT2D eigenvalue weighted by Crippen LogP contribution is -2.33. The van der Waals surface area contributed by atoms with Crippen LogP contribution in [0.15, 0.2) is 42.5 Å². The van der Waals surface area contributed by atoms with Gasteiger partial charge < -0.3 is 15.4 Å². The molecule has 27 heavy (non-hydrogen) atoms. The zero-order valence-electron chi connectivity index (χ0n) is 15.2. The Balaban J connectivity index is 1.98. The second-order valence-electron chi connectivity index (χ2n) is 5.89. The molecule has 0 aromatic heterocycles. The molecule has 2 aromatic rings. The molecule has 2 rings (SSSR count). The molecule has 0 radical (unpaired) electrons. The summed E-state index contributed by atoms with van der Waals surface area (Å²) < 4.78 is 30.0. The highest BCUT2D eigenvalue weighted by Crippen LogP contribution is 2.24. The Bertz CT molecular complexity index is 957. The number of anilines is 2. The Labute approximate surface area is 158 Å². The Kier molecular flexibility index (Phi) is 6.40. The van der Waals surface area contributed by atoms with Crippen molar-refractivity contribution in [3.8, 4) is 5.75 Å². The van der Waals surface area contributed by atoms with Crippen LogP contribution in [0.5, 0.6) is 5.75 Å². The topological polar surface area (TPSA) is 114 Å². The number of amides is 2. The van der Waals surface area contributed by atoms with Crippen molar-refractivity contribution >= 4 is 33.2 Å². The number of aryl methyl sites for hydroxylation is 1. The maximum absolute atomic E-state index is 12.2. The SMILES string of the molecule is COc1ccc(C)cc1NC(=O)CNC(=O)c1cccc(NS(C)(=O)=O)c1. The van der Waals surface area contributed by atoms with Gasteiger partial charge in [-0.3, -0.25) is 14.3 Å². The van der Waals surface area contributed by atoms with Gasteiger partial charge in [-0.05, 0) is 42.8 Å². The van der Waals surface area contributed by atoms with Crippen LogP contribution < -0.4 is 20.1 Å². The van der Waals surface area contributed by atoms with E-state index in [-0.39, 0.29) is 17.8 Å². The van der Waals surface area contributed by atoms with Crippen molar-refractivity contribution in [3.63, 3.8) is 0 Å². The zero-order valence-corrected chi connectivity index (χ0v) is 16.0. The highest BCUT2D eigenvalue weighted by molar-refractivity contribution is 7.92. The predicted molar refractivity (Wildman–Crippen MR) is 104 cm³/mol. The van der Waals surface area contributed by atoms with Crippen LogP contribution in [0.25, 0.3) is 0 Å². The van der Waals surface area contributed by atoms with Gasteiger partial charge in [-0.15, -0.1) is 0 Å².